The van der Waals surface area contributed by atoms with Crippen molar-refractivity contribution < 1.29 is 13.2 Å². The van der Waals surface area contributed by atoms with Crippen molar-refractivity contribution in [1.29, 1.82) is 0 Å². The van der Waals surface area contributed by atoms with E-state index in [4.69, 9.17) is 0 Å². The summed E-state index contributed by atoms with van der Waals surface area (Å²) in [6, 6.07) is 26.4. The molecule has 0 atom stereocenters. The molecule has 0 heterocycles. The molecule has 0 aliphatic heterocycles. The molecule has 3 rings (SSSR count). The topological polar surface area (TPSA) is 57.7 Å². The Morgan fingerprint density at radius 1 is 0.767 bits per heavy atom. The van der Waals surface area contributed by atoms with Crippen LogP contribution in [0.5, 0.6) is 0 Å². The van der Waals surface area contributed by atoms with Crippen LogP contribution in [-0.2, 0) is 23.1 Å². The van der Waals surface area contributed by atoms with Crippen molar-refractivity contribution in [3.8, 4) is 0 Å². The summed E-state index contributed by atoms with van der Waals surface area (Å²) >= 11 is 0. The van der Waals surface area contributed by atoms with Crippen LogP contribution < -0.4 is 4.31 Å². The fourth-order valence-corrected chi connectivity index (χ4v) is 3.99. The summed E-state index contributed by atoms with van der Waals surface area (Å²) in [6.45, 7) is 2.58. The van der Waals surface area contributed by atoms with Crippen molar-refractivity contribution in [3.63, 3.8) is 0 Å². The predicted molar refractivity (Wildman–Crippen MR) is 121 cm³/mol. The van der Waals surface area contributed by atoms with Gasteiger partial charge in [-0.3, -0.25) is 9.10 Å². The number of hydrogen-bond donors (Lipinski definition) is 0. The number of nitrogens with zero attached hydrogens (tertiary/aromatic N) is 2. The third-order valence-electron chi connectivity index (χ3n) is 4.98. The van der Waals surface area contributed by atoms with Gasteiger partial charge in [-0.05, 0) is 42.3 Å². The van der Waals surface area contributed by atoms with Crippen molar-refractivity contribution in [2.45, 2.75) is 20.0 Å². The normalized spacial score (nSPS) is 11.1. The Hall–Kier alpha value is -3.12. The molecule has 0 saturated carbocycles. The molecule has 1 amide bonds. The minimum atomic E-state index is -3.34. The largest absolute Gasteiger partial charge is 0.330 e. The van der Waals surface area contributed by atoms with E-state index in [2.05, 4.69) is 0 Å². The zero-order valence-corrected chi connectivity index (χ0v) is 18.0. The number of sulfonamides is 1. The molecule has 0 unspecified atom stereocenters. The minimum Gasteiger partial charge on any atom is -0.330 e. The van der Waals surface area contributed by atoms with Gasteiger partial charge in [-0.25, -0.2) is 8.42 Å². The molecular weight excluding hydrogens is 396 g/mol. The molecular formula is C24H26N2O3S. The lowest BCUT2D eigenvalue weighted by Crippen LogP contribution is -2.30. The minimum absolute atomic E-state index is 0.0200. The molecule has 0 aromatic heterocycles. The van der Waals surface area contributed by atoms with Gasteiger partial charge in [-0.1, -0.05) is 60.7 Å². The quantitative estimate of drug-likeness (QED) is 0.543. The number of carbonyl (C=O) groups excluding carboxylic acids is 1. The molecule has 3 aromatic carbocycles. The number of benzene rings is 3. The van der Waals surface area contributed by atoms with Gasteiger partial charge in [-0.15, -0.1) is 0 Å². The first-order valence-corrected chi connectivity index (χ1v) is 11.5. The van der Waals surface area contributed by atoms with E-state index < -0.39 is 10.0 Å². The summed E-state index contributed by atoms with van der Waals surface area (Å²) in [4.78, 5) is 15.1. The molecule has 0 aliphatic carbocycles. The van der Waals surface area contributed by atoms with Gasteiger partial charge in [-0.2, -0.15) is 0 Å². The lowest BCUT2D eigenvalue weighted by atomic mass is 10.1. The maximum atomic E-state index is 13.3. The zero-order valence-electron chi connectivity index (χ0n) is 17.2. The van der Waals surface area contributed by atoms with Crippen LogP contribution in [0.4, 0.5) is 5.69 Å². The van der Waals surface area contributed by atoms with Gasteiger partial charge in [0.05, 0.1) is 11.4 Å². The van der Waals surface area contributed by atoms with Gasteiger partial charge < -0.3 is 4.90 Å². The van der Waals surface area contributed by atoms with Gasteiger partial charge in [0.1, 0.15) is 0 Å². The Bertz CT molecular complexity index is 1020. The molecule has 156 valence electrons. The van der Waals surface area contributed by atoms with Crippen LogP contribution in [0.1, 0.15) is 28.4 Å². The van der Waals surface area contributed by atoms with E-state index in [0.717, 1.165) is 11.1 Å². The molecule has 0 fully saturated rings. The maximum absolute atomic E-state index is 13.3. The Kier molecular flexibility index (Phi) is 6.90. The Labute approximate surface area is 178 Å². The third kappa shape index (κ3) is 5.27. The van der Waals surface area contributed by atoms with Crippen LogP contribution in [0, 0.1) is 0 Å². The number of carbonyl (C=O) groups is 1. The summed E-state index contributed by atoms with van der Waals surface area (Å²) in [5.74, 6) is -0.0817. The lowest BCUT2D eigenvalue weighted by molar-refractivity contribution is 0.0730. The van der Waals surface area contributed by atoms with E-state index >= 15 is 0 Å². The number of hydrogen-bond acceptors (Lipinski definition) is 3. The highest BCUT2D eigenvalue weighted by molar-refractivity contribution is 7.92. The van der Waals surface area contributed by atoms with Gasteiger partial charge >= 0.3 is 0 Å². The van der Waals surface area contributed by atoms with Gasteiger partial charge in [0.25, 0.3) is 5.91 Å². The smallest absolute Gasteiger partial charge is 0.254 e. The molecule has 3 aromatic rings. The summed E-state index contributed by atoms with van der Waals surface area (Å²) in [5, 5.41) is 0. The van der Waals surface area contributed by atoms with Crippen molar-refractivity contribution in [3.05, 3.63) is 102 Å². The highest BCUT2D eigenvalue weighted by Crippen LogP contribution is 2.20. The van der Waals surface area contributed by atoms with E-state index in [1.165, 1.54) is 11.4 Å². The average molecular weight is 423 g/mol. The fraction of sp³-hybridized carbons (Fsp3) is 0.208. The highest BCUT2D eigenvalue weighted by Gasteiger charge is 2.19. The first-order valence-electron chi connectivity index (χ1n) is 9.84. The number of anilines is 1. The molecule has 0 bridgehead atoms. The van der Waals surface area contributed by atoms with Gasteiger partial charge in [0.2, 0.25) is 10.0 Å². The second-order valence-corrected chi connectivity index (χ2v) is 9.34. The Morgan fingerprint density at radius 3 is 1.67 bits per heavy atom. The first-order chi connectivity index (χ1) is 14.4. The molecule has 0 N–H and O–H groups in total. The summed E-state index contributed by atoms with van der Waals surface area (Å²) < 4.78 is 25.4. The van der Waals surface area contributed by atoms with E-state index in [1.54, 1.807) is 36.1 Å². The molecule has 0 saturated heterocycles. The SMILES string of the molecule is CCS(=O)(=O)N(C)c1ccc(C(=O)N(Cc2ccccc2)Cc2ccccc2)cc1. The average Bonchev–Trinajstić information content (AvgIpc) is 2.79. The molecule has 0 aliphatic rings. The Morgan fingerprint density at radius 2 is 1.23 bits per heavy atom. The van der Waals surface area contributed by atoms with Crippen LogP contribution in [0.15, 0.2) is 84.9 Å². The third-order valence-corrected chi connectivity index (χ3v) is 6.75. The zero-order chi connectivity index (χ0) is 21.6. The predicted octanol–water partition coefficient (Wildman–Crippen LogP) is 4.32. The summed E-state index contributed by atoms with van der Waals surface area (Å²) in [5.41, 5.74) is 3.15. The van der Waals surface area contributed by atoms with Crippen LogP contribution in [-0.4, -0.2) is 32.0 Å². The summed E-state index contributed by atoms with van der Waals surface area (Å²) in [7, 11) is -1.82. The molecule has 6 heteroatoms. The maximum Gasteiger partial charge on any atom is 0.254 e. The van der Waals surface area contributed by atoms with E-state index in [9.17, 15) is 13.2 Å². The van der Waals surface area contributed by atoms with Crippen molar-refractivity contribution in [1.82, 2.24) is 4.90 Å². The number of amides is 1. The molecule has 0 spiro atoms. The van der Waals surface area contributed by atoms with E-state index in [0.29, 0.717) is 24.3 Å². The summed E-state index contributed by atoms with van der Waals surface area (Å²) in [6.07, 6.45) is 0. The van der Waals surface area contributed by atoms with Crippen LogP contribution in [0.2, 0.25) is 0 Å². The van der Waals surface area contributed by atoms with Crippen molar-refractivity contribution in [2.75, 3.05) is 17.1 Å². The molecule has 5 nitrogen and oxygen atoms in total. The van der Waals surface area contributed by atoms with E-state index in [-0.39, 0.29) is 11.7 Å². The molecule has 30 heavy (non-hydrogen) atoms. The lowest BCUT2D eigenvalue weighted by Gasteiger charge is -2.24. The van der Waals surface area contributed by atoms with Gasteiger partial charge in [0.15, 0.2) is 0 Å². The van der Waals surface area contributed by atoms with Crippen molar-refractivity contribution in [2.24, 2.45) is 0 Å². The standard InChI is InChI=1S/C24H26N2O3S/c1-3-30(28,29)25(2)23-16-14-22(15-17-23)24(27)26(18-20-10-6-4-7-11-20)19-21-12-8-5-9-13-21/h4-17H,3,18-19H2,1-2H3. The van der Waals surface area contributed by atoms with Crippen molar-refractivity contribution >= 4 is 21.6 Å². The fourth-order valence-electron chi connectivity index (χ4n) is 3.16. The second-order valence-electron chi connectivity index (χ2n) is 7.05. The Balaban J connectivity index is 1.84. The first kappa shape index (κ1) is 21.6. The van der Waals surface area contributed by atoms with Crippen LogP contribution in [0.25, 0.3) is 0 Å². The second kappa shape index (κ2) is 9.59. The highest BCUT2D eigenvalue weighted by atomic mass is 32.2. The molecule has 0 radical (unpaired) electrons. The van der Waals surface area contributed by atoms with Crippen LogP contribution >= 0.6 is 0 Å². The number of rotatable bonds is 8. The van der Waals surface area contributed by atoms with E-state index in [1.807, 2.05) is 60.7 Å². The van der Waals surface area contributed by atoms with Gasteiger partial charge in [0, 0.05) is 25.7 Å². The van der Waals surface area contributed by atoms with Crippen LogP contribution in [0.3, 0.4) is 0 Å². The monoisotopic (exact) mass is 422 g/mol.